The van der Waals surface area contributed by atoms with E-state index in [1.54, 1.807) is 6.92 Å². The fraction of sp³-hybridized carbons (Fsp3) is 0.300. The van der Waals surface area contributed by atoms with Gasteiger partial charge in [-0.1, -0.05) is 36.4 Å². The number of anilines is 1. The van der Waals surface area contributed by atoms with Crippen molar-refractivity contribution in [3.8, 4) is 0 Å². The van der Waals surface area contributed by atoms with E-state index in [1.807, 2.05) is 70.5 Å². The molecule has 1 heterocycles. The zero-order valence-electron chi connectivity index (χ0n) is 13.9. The lowest BCUT2D eigenvalue weighted by Crippen LogP contribution is -2.48. The molecule has 0 saturated carbocycles. The number of para-hydroxylation sites is 1. The number of carbonyl (C=O) groups excluding carboxylic acids is 2. The van der Waals surface area contributed by atoms with Gasteiger partial charge in [-0.3, -0.25) is 9.59 Å². The van der Waals surface area contributed by atoms with E-state index in [-0.39, 0.29) is 17.9 Å². The number of hydrogen-bond donors (Lipinski definition) is 0. The van der Waals surface area contributed by atoms with Crippen molar-refractivity contribution in [2.45, 2.75) is 25.8 Å². The summed E-state index contributed by atoms with van der Waals surface area (Å²) in [6, 6.07) is 19.3. The molecule has 0 N–H and O–H groups in total. The van der Waals surface area contributed by atoms with Gasteiger partial charge in [-0.25, -0.2) is 0 Å². The van der Waals surface area contributed by atoms with Crippen molar-refractivity contribution >= 4 is 17.5 Å². The summed E-state index contributed by atoms with van der Waals surface area (Å²) >= 11 is 0. The topological polar surface area (TPSA) is 40.6 Å². The third-order valence-corrected chi connectivity index (χ3v) is 4.55. The molecule has 0 radical (unpaired) electrons. The molecule has 2 aromatic rings. The van der Waals surface area contributed by atoms with Crippen LogP contribution in [0, 0.1) is 0 Å². The Morgan fingerprint density at radius 2 is 1.46 bits per heavy atom. The van der Waals surface area contributed by atoms with Crippen LogP contribution in [-0.4, -0.2) is 35.8 Å². The average Bonchev–Trinajstić information content (AvgIpc) is 2.64. The van der Waals surface area contributed by atoms with Gasteiger partial charge in [-0.15, -0.1) is 0 Å². The van der Waals surface area contributed by atoms with E-state index in [0.29, 0.717) is 18.7 Å². The Hall–Kier alpha value is -2.62. The van der Waals surface area contributed by atoms with Crippen molar-refractivity contribution < 1.29 is 9.59 Å². The highest BCUT2D eigenvalue weighted by molar-refractivity contribution is 6.06. The number of rotatable bonds is 3. The second kappa shape index (κ2) is 7.30. The first kappa shape index (κ1) is 16.2. The fourth-order valence-electron chi connectivity index (χ4n) is 3.24. The van der Waals surface area contributed by atoms with Crippen LogP contribution in [0.2, 0.25) is 0 Å². The molecule has 4 nitrogen and oxygen atoms in total. The van der Waals surface area contributed by atoms with Gasteiger partial charge in [-0.2, -0.15) is 0 Å². The van der Waals surface area contributed by atoms with E-state index < -0.39 is 0 Å². The van der Waals surface area contributed by atoms with Gasteiger partial charge >= 0.3 is 0 Å². The van der Waals surface area contributed by atoms with Crippen molar-refractivity contribution in [1.82, 2.24) is 4.90 Å². The molecule has 24 heavy (non-hydrogen) atoms. The van der Waals surface area contributed by atoms with E-state index in [0.717, 1.165) is 18.5 Å². The zero-order valence-corrected chi connectivity index (χ0v) is 13.9. The lowest BCUT2D eigenvalue weighted by molar-refractivity contribution is -0.129. The standard InChI is InChI=1S/C20H22N2O2/c1-16(23)21-14-12-19(13-15-21)22(18-10-6-3-7-11-18)20(24)17-8-4-2-5-9-17/h2-11,19H,12-15H2,1H3. The highest BCUT2D eigenvalue weighted by Crippen LogP contribution is 2.25. The lowest BCUT2D eigenvalue weighted by atomic mass is 10.0. The van der Waals surface area contributed by atoms with Crippen LogP contribution in [0.1, 0.15) is 30.1 Å². The summed E-state index contributed by atoms with van der Waals surface area (Å²) in [5, 5.41) is 0. The van der Waals surface area contributed by atoms with Crippen LogP contribution in [0.3, 0.4) is 0 Å². The molecular weight excluding hydrogens is 300 g/mol. The third kappa shape index (κ3) is 3.48. The van der Waals surface area contributed by atoms with E-state index in [4.69, 9.17) is 0 Å². The summed E-state index contributed by atoms with van der Waals surface area (Å²) in [6.07, 6.45) is 1.60. The van der Waals surface area contributed by atoms with Crippen molar-refractivity contribution in [3.63, 3.8) is 0 Å². The van der Waals surface area contributed by atoms with Gasteiger partial charge in [-0.05, 0) is 37.1 Å². The summed E-state index contributed by atoms with van der Waals surface area (Å²) < 4.78 is 0. The van der Waals surface area contributed by atoms with Crippen LogP contribution in [0.15, 0.2) is 60.7 Å². The minimum absolute atomic E-state index is 0.0167. The molecule has 2 aromatic carbocycles. The molecule has 4 heteroatoms. The second-order valence-electron chi connectivity index (χ2n) is 6.11. The molecule has 1 saturated heterocycles. The predicted molar refractivity (Wildman–Crippen MR) is 95.0 cm³/mol. The van der Waals surface area contributed by atoms with E-state index in [9.17, 15) is 9.59 Å². The van der Waals surface area contributed by atoms with Crippen LogP contribution >= 0.6 is 0 Å². The number of benzene rings is 2. The Morgan fingerprint density at radius 3 is 2.00 bits per heavy atom. The Labute approximate surface area is 142 Å². The summed E-state index contributed by atoms with van der Waals surface area (Å²) in [5.41, 5.74) is 1.60. The van der Waals surface area contributed by atoms with Crippen molar-refractivity contribution in [1.29, 1.82) is 0 Å². The number of likely N-dealkylation sites (tertiary alicyclic amines) is 1. The first-order valence-electron chi connectivity index (χ1n) is 8.36. The smallest absolute Gasteiger partial charge is 0.258 e. The summed E-state index contributed by atoms with van der Waals surface area (Å²) in [4.78, 5) is 28.4. The Balaban J connectivity index is 1.87. The van der Waals surface area contributed by atoms with Gasteiger partial charge in [0.15, 0.2) is 0 Å². The molecule has 0 unspecified atom stereocenters. The minimum Gasteiger partial charge on any atom is -0.343 e. The van der Waals surface area contributed by atoms with Gasteiger partial charge < -0.3 is 9.80 Å². The summed E-state index contributed by atoms with van der Waals surface area (Å²) in [7, 11) is 0. The predicted octanol–water partition coefficient (Wildman–Crippen LogP) is 3.34. The minimum atomic E-state index is 0.0167. The first-order valence-corrected chi connectivity index (χ1v) is 8.36. The molecule has 124 valence electrons. The Bertz CT molecular complexity index is 692. The van der Waals surface area contributed by atoms with E-state index >= 15 is 0 Å². The van der Waals surface area contributed by atoms with Gasteiger partial charge in [0.05, 0.1) is 0 Å². The molecule has 0 atom stereocenters. The quantitative estimate of drug-likeness (QED) is 0.869. The van der Waals surface area contributed by atoms with Crippen molar-refractivity contribution in [3.05, 3.63) is 66.2 Å². The summed E-state index contributed by atoms with van der Waals surface area (Å²) in [6.45, 7) is 3.00. The number of hydrogen-bond acceptors (Lipinski definition) is 2. The number of nitrogens with zero attached hydrogens (tertiary/aromatic N) is 2. The molecule has 1 aliphatic rings. The number of carbonyl (C=O) groups is 2. The molecule has 0 spiro atoms. The first-order chi connectivity index (χ1) is 11.7. The van der Waals surface area contributed by atoms with Gasteiger partial charge in [0.25, 0.3) is 5.91 Å². The fourth-order valence-corrected chi connectivity index (χ4v) is 3.24. The highest BCUT2D eigenvalue weighted by atomic mass is 16.2. The molecular formula is C20H22N2O2. The molecule has 1 aliphatic heterocycles. The molecule has 3 rings (SSSR count). The maximum Gasteiger partial charge on any atom is 0.258 e. The highest BCUT2D eigenvalue weighted by Gasteiger charge is 2.30. The molecule has 0 aliphatic carbocycles. The SMILES string of the molecule is CC(=O)N1CCC(N(C(=O)c2ccccc2)c2ccccc2)CC1. The molecule has 2 amide bonds. The molecule has 0 bridgehead atoms. The summed E-state index contributed by atoms with van der Waals surface area (Å²) in [5.74, 6) is 0.122. The molecule has 1 fully saturated rings. The number of piperidine rings is 1. The van der Waals surface area contributed by atoms with E-state index in [2.05, 4.69) is 0 Å². The normalized spacial score (nSPS) is 15.1. The van der Waals surface area contributed by atoms with Crippen molar-refractivity contribution in [2.24, 2.45) is 0 Å². The van der Waals surface area contributed by atoms with Gasteiger partial charge in [0, 0.05) is 37.3 Å². The Morgan fingerprint density at radius 1 is 0.917 bits per heavy atom. The van der Waals surface area contributed by atoms with Crippen LogP contribution in [-0.2, 0) is 4.79 Å². The Kier molecular flexibility index (Phi) is 4.94. The van der Waals surface area contributed by atoms with Crippen molar-refractivity contribution in [2.75, 3.05) is 18.0 Å². The van der Waals surface area contributed by atoms with Gasteiger partial charge in [0.2, 0.25) is 5.91 Å². The van der Waals surface area contributed by atoms with Crippen LogP contribution < -0.4 is 4.90 Å². The maximum atomic E-state index is 13.1. The van der Waals surface area contributed by atoms with Crippen LogP contribution in [0.5, 0.6) is 0 Å². The van der Waals surface area contributed by atoms with Crippen LogP contribution in [0.25, 0.3) is 0 Å². The third-order valence-electron chi connectivity index (χ3n) is 4.55. The lowest BCUT2D eigenvalue weighted by Gasteiger charge is -2.38. The zero-order chi connectivity index (χ0) is 16.9. The van der Waals surface area contributed by atoms with Crippen LogP contribution in [0.4, 0.5) is 5.69 Å². The largest absolute Gasteiger partial charge is 0.343 e. The van der Waals surface area contributed by atoms with E-state index in [1.165, 1.54) is 0 Å². The second-order valence-corrected chi connectivity index (χ2v) is 6.11. The maximum absolute atomic E-state index is 13.1. The molecule has 0 aromatic heterocycles. The monoisotopic (exact) mass is 322 g/mol. The average molecular weight is 322 g/mol. The van der Waals surface area contributed by atoms with Gasteiger partial charge in [0.1, 0.15) is 0 Å². The number of amides is 2.